The molecule has 0 unspecified atom stereocenters. The van der Waals surface area contributed by atoms with Crippen molar-refractivity contribution >= 4 is 121 Å². The summed E-state index contributed by atoms with van der Waals surface area (Å²) in [6.07, 6.45) is 0. The molecule has 0 amide bonds. The average Bonchev–Trinajstić information content (AvgIpc) is 1.79. The van der Waals surface area contributed by atoms with Gasteiger partial charge in [-0.15, -0.1) is 0 Å². The summed E-state index contributed by atoms with van der Waals surface area (Å²) in [6, 6.07) is 124. The highest BCUT2D eigenvalue weighted by molar-refractivity contribution is 6.15. The number of fused-ring (bicyclic) bond motifs is 12. The van der Waals surface area contributed by atoms with Crippen LogP contribution in [0.15, 0.2) is 346 Å². The molecule has 1 N–H and O–H groups in total. The molecule has 18 aromatic rings. The molecule has 0 spiro atoms. The minimum atomic E-state index is 1.08. The maximum absolute atomic E-state index is 3.55. The van der Waals surface area contributed by atoms with Crippen LogP contribution in [0, 0.1) is 0 Å². The highest BCUT2D eigenvalue weighted by Gasteiger charge is 2.23. The molecule has 90 heavy (non-hydrogen) atoms. The molecule has 424 valence electrons. The van der Waals surface area contributed by atoms with E-state index in [4.69, 9.17) is 0 Å². The standard InChI is InChI=1S/C66H45N5.C18H13N/c1-6-20-46(21-7-1)67(51-34-38-63-57(42-51)55-30-16-18-32-61(55)69(63)48-24-10-3-11-25-48)53-36-40-65-59(44-53)60-45-54(37-41-66(60)71(65)50-28-14-5-15-29-50)68(47-22-8-2-9-23-47)52-35-39-64-58(43-52)56-31-17-19-33-62(56)70(64)49-26-12-4-13-27-49;1-2-7-13(8-3-1)14-10-6-11-16-15-9-4-5-12-17(15)19-18(14)16/h1-45H;1-12,19H. The fraction of sp³-hybridized carbons (Fsp3) is 0. The zero-order valence-electron chi connectivity index (χ0n) is 49.1. The van der Waals surface area contributed by atoms with E-state index in [-0.39, 0.29) is 0 Å². The van der Waals surface area contributed by atoms with Gasteiger partial charge in [-0.05, 0) is 157 Å². The van der Waals surface area contributed by atoms with Crippen LogP contribution in [0.5, 0.6) is 0 Å². The Morgan fingerprint density at radius 3 is 0.933 bits per heavy atom. The maximum Gasteiger partial charge on any atom is 0.0544 e. The fourth-order valence-electron chi connectivity index (χ4n) is 13.8. The Morgan fingerprint density at radius 2 is 0.522 bits per heavy atom. The molecular formula is C84H58N6. The molecule has 0 fully saturated rings. The van der Waals surface area contributed by atoms with E-state index in [9.17, 15) is 0 Å². The molecule has 0 radical (unpaired) electrons. The summed E-state index contributed by atoms with van der Waals surface area (Å²) in [6.45, 7) is 0. The van der Waals surface area contributed by atoms with Crippen molar-refractivity contribution in [3.8, 4) is 28.2 Å². The van der Waals surface area contributed by atoms with Gasteiger partial charge in [0.05, 0.1) is 38.6 Å². The van der Waals surface area contributed by atoms with E-state index in [2.05, 4.69) is 374 Å². The van der Waals surface area contributed by atoms with Gasteiger partial charge in [0.1, 0.15) is 0 Å². The summed E-state index contributed by atoms with van der Waals surface area (Å²) in [7, 11) is 0. The molecule has 18 rings (SSSR count). The highest BCUT2D eigenvalue weighted by Crippen LogP contribution is 2.46. The molecule has 0 aliphatic carbocycles. The van der Waals surface area contributed by atoms with E-state index in [1.165, 1.54) is 87.3 Å². The van der Waals surface area contributed by atoms with Crippen LogP contribution in [0.2, 0.25) is 0 Å². The van der Waals surface area contributed by atoms with E-state index in [1.807, 2.05) is 0 Å². The average molecular weight is 1150 g/mol. The molecule has 6 heteroatoms. The molecule has 4 aromatic heterocycles. The molecule has 14 aromatic carbocycles. The molecule has 0 saturated carbocycles. The molecule has 6 nitrogen and oxygen atoms in total. The molecule has 0 aliphatic heterocycles. The van der Waals surface area contributed by atoms with Crippen molar-refractivity contribution in [2.45, 2.75) is 0 Å². The number of nitrogens with zero attached hydrogens (tertiary/aromatic N) is 5. The van der Waals surface area contributed by atoms with Crippen molar-refractivity contribution in [1.82, 2.24) is 18.7 Å². The van der Waals surface area contributed by atoms with Gasteiger partial charge < -0.3 is 28.5 Å². The lowest BCUT2D eigenvalue weighted by atomic mass is 10.0. The summed E-state index contributed by atoms with van der Waals surface area (Å²) >= 11 is 0. The van der Waals surface area contributed by atoms with Gasteiger partial charge in [0.15, 0.2) is 0 Å². The van der Waals surface area contributed by atoms with Crippen molar-refractivity contribution in [3.05, 3.63) is 346 Å². The molecule has 4 heterocycles. The van der Waals surface area contributed by atoms with E-state index in [0.717, 1.165) is 62.2 Å². The largest absolute Gasteiger partial charge is 0.354 e. The molecule has 0 bridgehead atoms. The summed E-state index contributed by atoms with van der Waals surface area (Å²) in [5, 5.41) is 9.77. The second-order valence-electron chi connectivity index (χ2n) is 23.0. The molecular weight excluding hydrogens is 1090 g/mol. The smallest absolute Gasteiger partial charge is 0.0544 e. The van der Waals surface area contributed by atoms with Crippen LogP contribution in [0.4, 0.5) is 34.1 Å². The van der Waals surface area contributed by atoms with Crippen LogP contribution in [-0.2, 0) is 0 Å². The predicted octanol–water partition coefficient (Wildman–Crippen LogP) is 22.9. The summed E-state index contributed by atoms with van der Waals surface area (Å²) in [5.41, 5.74) is 21.8. The van der Waals surface area contributed by atoms with Crippen molar-refractivity contribution < 1.29 is 0 Å². The van der Waals surface area contributed by atoms with Gasteiger partial charge in [-0.2, -0.15) is 0 Å². The maximum atomic E-state index is 3.55. The van der Waals surface area contributed by atoms with Crippen molar-refractivity contribution in [3.63, 3.8) is 0 Å². The van der Waals surface area contributed by atoms with Gasteiger partial charge in [-0.25, -0.2) is 0 Å². The second-order valence-corrected chi connectivity index (χ2v) is 23.0. The lowest BCUT2D eigenvalue weighted by Crippen LogP contribution is -2.10. The van der Waals surface area contributed by atoms with Gasteiger partial charge in [-0.1, -0.05) is 194 Å². The van der Waals surface area contributed by atoms with Crippen molar-refractivity contribution in [2.75, 3.05) is 9.80 Å². The Bertz CT molecular complexity index is 5390. The van der Waals surface area contributed by atoms with Crippen LogP contribution in [0.1, 0.15) is 0 Å². The number of H-pyrrole nitrogens is 1. The first-order chi connectivity index (χ1) is 44.7. The monoisotopic (exact) mass is 1150 g/mol. The number of anilines is 6. The number of hydrogen-bond donors (Lipinski definition) is 1. The normalized spacial score (nSPS) is 11.6. The first-order valence-corrected chi connectivity index (χ1v) is 30.7. The zero-order chi connectivity index (χ0) is 59.5. The van der Waals surface area contributed by atoms with E-state index in [1.54, 1.807) is 0 Å². The van der Waals surface area contributed by atoms with Crippen LogP contribution >= 0.6 is 0 Å². The SMILES string of the molecule is c1ccc(-c2cccc3c2[nH]c2ccccc23)cc1.c1ccc(N(c2ccc3c(c2)c2ccccc2n3-c2ccccc2)c2ccc3c(c2)c2cc(N(c4ccccc4)c4ccc5c(c4)c4ccccc4n5-c4ccccc4)ccc2n3-c2ccccc2)cc1. The Hall–Kier alpha value is -12.1. The van der Waals surface area contributed by atoms with Crippen molar-refractivity contribution in [2.24, 2.45) is 0 Å². The minimum Gasteiger partial charge on any atom is -0.354 e. The zero-order valence-corrected chi connectivity index (χ0v) is 49.1. The summed E-state index contributed by atoms with van der Waals surface area (Å²) in [4.78, 5) is 8.35. The quantitative estimate of drug-likeness (QED) is 0.148. The third kappa shape index (κ3) is 8.88. The van der Waals surface area contributed by atoms with Gasteiger partial charge >= 0.3 is 0 Å². The van der Waals surface area contributed by atoms with Crippen LogP contribution < -0.4 is 9.80 Å². The minimum absolute atomic E-state index is 1.08. The van der Waals surface area contributed by atoms with Crippen LogP contribution in [0.3, 0.4) is 0 Å². The van der Waals surface area contributed by atoms with Gasteiger partial charge in [0.2, 0.25) is 0 Å². The Kier molecular flexibility index (Phi) is 12.8. The van der Waals surface area contributed by atoms with E-state index in [0.29, 0.717) is 0 Å². The number of nitrogens with one attached hydrogen (secondary N) is 1. The third-order valence-corrected chi connectivity index (χ3v) is 17.8. The summed E-state index contributed by atoms with van der Waals surface area (Å²) in [5.74, 6) is 0. The summed E-state index contributed by atoms with van der Waals surface area (Å²) < 4.78 is 7.17. The fourth-order valence-corrected chi connectivity index (χ4v) is 13.8. The van der Waals surface area contributed by atoms with Gasteiger partial charge in [0, 0.05) is 105 Å². The van der Waals surface area contributed by atoms with Crippen molar-refractivity contribution in [1.29, 1.82) is 0 Å². The molecule has 0 aliphatic rings. The molecule has 0 atom stereocenters. The van der Waals surface area contributed by atoms with E-state index < -0.39 is 0 Å². The lowest BCUT2D eigenvalue weighted by Gasteiger charge is -2.26. The number of aromatic amines is 1. The van der Waals surface area contributed by atoms with Crippen LogP contribution in [-0.4, -0.2) is 18.7 Å². The Labute approximate surface area is 520 Å². The van der Waals surface area contributed by atoms with Gasteiger partial charge in [0.25, 0.3) is 0 Å². The third-order valence-electron chi connectivity index (χ3n) is 17.8. The topological polar surface area (TPSA) is 37.1 Å². The number of hydrogen-bond acceptors (Lipinski definition) is 2. The first-order valence-electron chi connectivity index (χ1n) is 30.7. The van der Waals surface area contributed by atoms with Gasteiger partial charge in [-0.3, -0.25) is 0 Å². The van der Waals surface area contributed by atoms with E-state index >= 15 is 0 Å². The first kappa shape index (κ1) is 52.2. The number of benzene rings is 14. The number of para-hydroxylation sites is 9. The number of aromatic nitrogens is 4. The van der Waals surface area contributed by atoms with Crippen LogP contribution in [0.25, 0.3) is 115 Å². The molecule has 0 saturated heterocycles. The Balaban J connectivity index is 0.000000279. The predicted molar refractivity (Wildman–Crippen MR) is 380 cm³/mol. The second kappa shape index (κ2) is 22.0. The lowest BCUT2D eigenvalue weighted by molar-refractivity contribution is 1.18. The Morgan fingerprint density at radius 1 is 0.211 bits per heavy atom. The highest BCUT2D eigenvalue weighted by atomic mass is 15.2. The number of rotatable bonds is 10.